The molecule has 0 aromatic carbocycles. The summed E-state index contributed by atoms with van der Waals surface area (Å²) in [6.45, 7) is 7.06. The van der Waals surface area contributed by atoms with Crippen molar-refractivity contribution in [2.45, 2.75) is 45.7 Å². The Balaban J connectivity index is 2.69. The lowest BCUT2D eigenvalue weighted by molar-refractivity contribution is -0.144. The average molecular weight is 241 g/mol. The number of hydrogen-bond acceptors (Lipinski definition) is 3. The summed E-state index contributed by atoms with van der Waals surface area (Å²) >= 11 is 0. The van der Waals surface area contributed by atoms with Crippen LogP contribution in [0, 0.1) is 5.92 Å². The molecule has 0 aromatic heterocycles. The third-order valence-corrected chi connectivity index (χ3v) is 3.04. The molecule has 1 rings (SSSR count). The maximum absolute atomic E-state index is 12.2. The van der Waals surface area contributed by atoms with E-state index < -0.39 is 6.04 Å². The van der Waals surface area contributed by atoms with Crippen LogP contribution >= 0.6 is 0 Å². The molecule has 1 fully saturated rings. The van der Waals surface area contributed by atoms with Crippen LogP contribution in [0.15, 0.2) is 0 Å². The number of nitrogens with zero attached hydrogens (tertiary/aromatic N) is 1. The largest absolute Gasteiger partial charge is 0.353 e. The van der Waals surface area contributed by atoms with Crippen LogP contribution in [0.4, 0.5) is 0 Å². The smallest absolute Gasteiger partial charge is 0.242 e. The van der Waals surface area contributed by atoms with Crippen LogP contribution in [0.3, 0.4) is 0 Å². The molecule has 1 aliphatic rings. The van der Waals surface area contributed by atoms with Crippen LogP contribution in [-0.4, -0.2) is 41.9 Å². The number of piperazine rings is 1. The van der Waals surface area contributed by atoms with E-state index >= 15 is 0 Å². The normalized spacial score (nSPS) is 22.5. The first kappa shape index (κ1) is 14.0. The molecule has 1 heterocycles. The fraction of sp³-hybridized carbons (Fsp3) is 0.833. The minimum Gasteiger partial charge on any atom is -0.353 e. The Morgan fingerprint density at radius 1 is 1.59 bits per heavy atom. The monoisotopic (exact) mass is 241 g/mol. The third kappa shape index (κ3) is 3.43. The maximum atomic E-state index is 12.2. The van der Waals surface area contributed by atoms with Gasteiger partial charge in [0, 0.05) is 13.1 Å². The second-order valence-electron chi connectivity index (χ2n) is 4.98. The van der Waals surface area contributed by atoms with E-state index in [4.69, 9.17) is 5.73 Å². The summed E-state index contributed by atoms with van der Waals surface area (Å²) in [5.74, 6) is 0.219. The topological polar surface area (TPSA) is 75.4 Å². The Labute approximate surface area is 103 Å². The van der Waals surface area contributed by atoms with E-state index in [1.54, 1.807) is 4.90 Å². The Morgan fingerprint density at radius 2 is 2.24 bits per heavy atom. The van der Waals surface area contributed by atoms with Crippen molar-refractivity contribution in [3.05, 3.63) is 0 Å². The van der Waals surface area contributed by atoms with Gasteiger partial charge >= 0.3 is 0 Å². The standard InChI is InChI=1S/C12H23N3O2/c1-4-10-11(16)14-5-6-15(10)12(17)9(13)7-8(2)3/h8-10H,4-7,13H2,1-3H3,(H,14,16)/t9-,10?/m0/s1. The first-order chi connectivity index (χ1) is 7.97. The molecule has 3 N–H and O–H groups in total. The van der Waals surface area contributed by atoms with E-state index in [9.17, 15) is 9.59 Å². The van der Waals surface area contributed by atoms with Crippen LogP contribution < -0.4 is 11.1 Å². The molecule has 5 heteroatoms. The van der Waals surface area contributed by atoms with Crippen molar-refractivity contribution in [2.75, 3.05) is 13.1 Å². The number of carbonyl (C=O) groups is 2. The van der Waals surface area contributed by atoms with Gasteiger partial charge < -0.3 is 16.0 Å². The Morgan fingerprint density at radius 3 is 2.76 bits per heavy atom. The summed E-state index contributed by atoms with van der Waals surface area (Å²) < 4.78 is 0. The lowest BCUT2D eigenvalue weighted by Crippen LogP contribution is -2.60. The van der Waals surface area contributed by atoms with Crippen molar-refractivity contribution in [3.8, 4) is 0 Å². The molecule has 0 bridgehead atoms. The van der Waals surface area contributed by atoms with E-state index in [0.29, 0.717) is 31.8 Å². The number of carbonyl (C=O) groups excluding carboxylic acids is 2. The molecule has 0 aromatic rings. The lowest BCUT2D eigenvalue weighted by atomic mass is 10.0. The molecule has 2 atom stereocenters. The molecule has 2 amide bonds. The minimum absolute atomic E-state index is 0.0659. The molecule has 0 aliphatic carbocycles. The van der Waals surface area contributed by atoms with Crippen molar-refractivity contribution in [2.24, 2.45) is 11.7 Å². The van der Waals surface area contributed by atoms with Gasteiger partial charge in [-0.05, 0) is 18.8 Å². The maximum Gasteiger partial charge on any atom is 0.242 e. The quantitative estimate of drug-likeness (QED) is 0.733. The fourth-order valence-corrected chi connectivity index (χ4v) is 2.21. The molecule has 1 unspecified atom stereocenters. The average Bonchev–Trinajstić information content (AvgIpc) is 2.26. The van der Waals surface area contributed by atoms with Gasteiger partial charge in [-0.3, -0.25) is 9.59 Å². The number of nitrogens with two attached hydrogens (primary N) is 1. The van der Waals surface area contributed by atoms with Gasteiger partial charge in [0.25, 0.3) is 0 Å². The highest BCUT2D eigenvalue weighted by atomic mass is 16.2. The lowest BCUT2D eigenvalue weighted by Gasteiger charge is -2.36. The highest BCUT2D eigenvalue weighted by molar-refractivity contribution is 5.90. The molecule has 17 heavy (non-hydrogen) atoms. The van der Waals surface area contributed by atoms with Gasteiger partial charge in [0.05, 0.1) is 6.04 Å². The van der Waals surface area contributed by atoms with E-state index in [-0.39, 0.29) is 17.9 Å². The zero-order valence-electron chi connectivity index (χ0n) is 10.9. The van der Waals surface area contributed by atoms with Crippen LogP contribution in [0.1, 0.15) is 33.6 Å². The molecular formula is C12H23N3O2. The summed E-state index contributed by atoms with van der Waals surface area (Å²) in [6.07, 6.45) is 1.29. The van der Waals surface area contributed by atoms with Gasteiger partial charge in [-0.2, -0.15) is 0 Å². The highest BCUT2D eigenvalue weighted by Crippen LogP contribution is 2.12. The van der Waals surface area contributed by atoms with Gasteiger partial charge in [0.1, 0.15) is 6.04 Å². The third-order valence-electron chi connectivity index (χ3n) is 3.04. The molecule has 1 aliphatic heterocycles. The number of nitrogens with one attached hydrogen (secondary N) is 1. The summed E-state index contributed by atoms with van der Waals surface area (Å²) in [4.78, 5) is 25.4. The van der Waals surface area contributed by atoms with Gasteiger partial charge in [0.2, 0.25) is 11.8 Å². The Hall–Kier alpha value is -1.10. The molecule has 98 valence electrons. The van der Waals surface area contributed by atoms with Crippen molar-refractivity contribution in [1.82, 2.24) is 10.2 Å². The molecular weight excluding hydrogens is 218 g/mol. The first-order valence-electron chi connectivity index (χ1n) is 6.31. The summed E-state index contributed by atoms with van der Waals surface area (Å²) in [5.41, 5.74) is 5.89. The fourth-order valence-electron chi connectivity index (χ4n) is 2.21. The summed E-state index contributed by atoms with van der Waals surface area (Å²) in [6, 6.07) is -0.843. The van der Waals surface area contributed by atoms with Gasteiger partial charge in [0.15, 0.2) is 0 Å². The number of hydrogen-bond donors (Lipinski definition) is 2. The predicted octanol–water partition coefficient (Wildman–Crippen LogP) is 0.0968. The molecule has 1 saturated heterocycles. The van der Waals surface area contributed by atoms with Crippen molar-refractivity contribution < 1.29 is 9.59 Å². The zero-order valence-corrected chi connectivity index (χ0v) is 10.9. The van der Waals surface area contributed by atoms with Gasteiger partial charge in [-0.1, -0.05) is 20.8 Å². The second-order valence-corrected chi connectivity index (χ2v) is 4.98. The highest BCUT2D eigenvalue weighted by Gasteiger charge is 2.33. The predicted molar refractivity (Wildman–Crippen MR) is 66.2 cm³/mol. The van der Waals surface area contributed by atoms with Gasteiger partial charge in [-0.15, -0.1) is 0 Å². The Kier molecular flexibility index (Phi) is 4.93. The van der Waals surface area contributed by atoms with Crippen LogP contribution in [0.5, 0.6) is 0 Å². The van der Waals surface area contributed by atoms with Gasteiger partial charge in [-0.25, -0.2) is 0 Å². The molecule has 0 saturated carbocycles. The SMILES string of the molecule is CCC1C(=O)NCCN1C(=O)[C@@H](N)CC(C)C. The summed E-state index contributed by atoms with van der Waals surface area (Å²) in [7, 11) is 0. The van der Waals surface area contributed by atoms with Crippen molar-refractivity contribution >= 4 is 11.8 Å². The zero-order chi connectivity index (χ0) is 13.0. The van der Waals surface area contributed by atoms with E-state index in [1.165, 1.54) is 0 Å². The first-order valence-corrected chi connectivity index (χ1v) is 6.31. The van der Waals surface area contributed by atoms with Crippen molar-refractivity contribution in [3.63, 3.8) is 0 Å². The summed E-state index contributed by atoms with van der Waals surface area (Å²) in [5, 5.41) is 2.77. The molecule has 0 radical (unpaired) electrons. The van der Waals surface area contributed by atoms with E-state index in [1.807, 2.05) is 20.8 Å². The Bertz CT molecular complexity index is 291. The molecule has 0 spiro atoms. The molecule has 5 nitrogen and oxygen atoms in total. The van der Waals surface area contributed by atoms with E-state index in [0.717, 1.165) is 0 Å². The number of amides is 2. The van der Waals surface area contributed by atoms with Crippen molar-refractivity contribution in [1.29, 1.82) is 0 Å². The number of rotatable bonds is 4. The second kappa shape index (κ2) is 6.00. The van der Waals surface area contributed by atoms with Crippen LogP contribution in [0.25, 0.3) is 0 Å². The van der Waals surface area contributed by atoms with E-state index in [2.05, 4.69) is 5.32 Å². The van der Waals surface area contributed by atoms with Crippen LogP contribution in [0.2, 0.25) is 0 Å². The minimum atomic E-state index is -0.491. The van der Waals surface area contributed by atoms with Crippen LogP contribution in [-0.2, 0) is 9.59 Å².